The molecule has 0 aliphatic heterocycles. The number of para-hydroxylation sites is 1. The fourth-order valence-electron chi connectivity index (χ4n) is 2.76. The van der Waals surface area contributed by atoms with Crippen molar-refractivity contribution >= 4 is 39.5 Å². The van der Waals surface area contributed by atoms with Gasteiger partial charge in [0.2, 0.25) is 0 Å². The Balaban J connectivity index is 2.27. The summed E-state index contributed by atoms with van der Waals surface area (Å²) in [5, 5.41) is 3.93. The van der Waals surface area contributed by atoms with E-state index in [1.807, 2.05) is 0 Å². The summed E-state index contributed by atoms with van der Waals surface area (Å²) in [4.78, 5) is 16.5. The number of hydrogen-bond acceptors (Lipinski definition) is 4. The summed E-state index contributed by atoms with van der Waals surface area (Å²) in [6.07, 6.45) is 0. The van der Waals surface area contributed by atoms with Crippen molar-refractivity contribution in [2.24, 2.45) is 0 Å². The van der Waals surface area contributed by atoms with Crippen LogP contribution in [-0.2, 0) is 0 Å². The first-order chi connectivity index (χ1) is 11.6. The SMILES string of the molecule is CNc1nc(=O)n(-c2ccccc2F)c2c1oc1ccc(Cl)cc12. The number of rotatable bonds is 2. The third-order valence-electron chi connectivity index (χ3n) is 3.79. The van der Waals surface area contributed by atoms with Gasteiger partial charge in [0.25, 0.3) is 0 Å². The van der Waals surface area contributed by atoms with Crippen molar-refractivity contribution in [2.45, 2.75) is 0 Å². The van der Waals surface area contributed by atoms with E-state index in [1.54, 1.807) is 37.4 Å². The Bertz CT molecular complexity index is 1150. The van der Waals surface area contributed by atoms with Crippen LogP contribution < -0.4 is 11.0 Å². The Morgan fingerprint density at radius 1 is 1.25 bits per heavy atom. The number of anilines is 1. The Hall–Kier alpha value is -2.86. The van der Waals surface area contributed by atoms with Gasteiger partial charge in [-0.1, -0.05) is 23.7 Å². The lowest BCUT2D eigenvalue weighted by Gasteiger charge is -2.09. The zero-order chi connectivity index (χ0) is 16.8. The zero-order valence-electron chi connectivity index (χ0n) is 12.5. The molecule has 2 aromatic carbocycles. The number of nitrogens with one attached hydrogen (secondary N) is 1. The standard InChI is InChI=1S/C17H11ClFN3O2/c1-20-16-15-14(10-8-9(18)6-7-13(10)24-15)22(17(23)21-16)12-5-3-2-4-11(12)19/h2-8H,1H3,(H,20,21,23). The van der Waals surface area contributed by atoms with Gasteiger partial charge in [-0.3, -0.25) is 4.57 Å². The topological polar surface area (TPSA) is 60.1 Å². The minimum absolute atomic E-state index is 0.102. The second kappa shape index (κ2) is 5.35. The molecule has 0 spiro atoms. The van der Waals surface area contributed by atoms with Gasteiger partial charge in [0, 0.05) is 17.5 Å². The molecule has 120 valence electrons. The number of nitrogens with zero attached hydrogens (tertiary/aromatic N) is 2. The first-order valence-corrected chi connectivity index (χ1v) is 7.55. The molecule has 0 bridgehead atoms. The van der Waals surface area contributed by atoms with Crippen LogP contribution >= 0.6 is 11.6 Å². The maximum absolute atomic E-state index is 14.3. The van der Waals surface area contributed by atoms with Gasteiger partial charge in [-0.15, -0.1) is 0 Å². The van der Waals surface area contributed by atoms with Crippen LogP contribution in [-0.4, -0.2) is 16.6 Å². The van der Waals surface area contributed by atoms with Crippen LogP contribution in [0.25, 0.3) is 27.8 Å². The van der Waals surface area contributed by atoms with Crippen LogP contribution in [0.3, 0.4) is 0 Å². The number of aromatic nitrogens is 2. The Morgan fingerprint density at radius 3 is 2.79 bits per heavy atom. The molecule has 7 heteroatoms. The number of benzene rings is 2. The predicted octanol–water partition coefficient (Wildman–Crippen LogP) is 3.97. The highest BCUT2D eigenvalue weighted by Crippen LogP contribution is 2.34. The van der Waals surface area contributed by atoms with Gasteiger partial charge in [0.1, 0.15) is 16.9 Å². The van der Waals surface area contributed by atoms with Crippen LogP contribution in [0.1, 0.15) is 0 Å². The normalized spacial score (nSPS) is 11.3. The predicted molar refractivity (Wildman–Crippen MR) is 91.6 cm³/mol. The van der Waals surface area contributed by atoms with Gasteiger partial charge in [-0.25, -0.2) is 9.18 Å². The van der Waals surface area contributed by atoms with E-state index in [2.05, 4.69) is 10.3 Å². The first kappa shape index (κ1) is 14.7. The molecule has 0 unspecified atom stereocenters. The average molecular weight is 344 g/mol. The molecule has 0 aliphatic rings. The van der Waals surface area contributed by atoms with Crippen LogP contribution in [0.15, 0.2) is 51.7 Å². The van der Waals surface area contributed by atoms with Crippen LogP contribution in [0.2, 0.25) is 5.02 Å². The quantitative estimate of drug-likeness (QED) is 0.598. The molecule has 2 heterocycles. The van der Waals surface area contributed by atoms with Crippen molar-refractivity contribution < 1.29 is 8.81 Å². The van der Waals surface area contributed by atoms with Crippen LogP contribution in [0.4, 0.5) is 10.2 Å². The molecule has 24 heavy (non-hydrogen) atoms. The van der Waals surface area contributed by atoms with Gasteiger partial charge < -0.3 is 9.73 Å². The number of furan rings is 1. The maximum atomic E-state index is 14.3. The molecule has 1 N–H and O–H groups in total. The third-order valence-corrected chi connectivity index (χ3v) is 4.03. The highest BCUT2D eigenvalue weighted by atomic mass is 35.5. The second-order valence-electron chi connectivity index (χ2n) is 5.20. The summed E-state index contributed by atoms with van der Waals surface area (Å²) in [7, 11) is 1.63. The lowest BCUT2D eigenvalue weighted by atomic mass is 10.2. The summed E-state index contributed by atoms with van der Waals surface area (Å²) in [5.74, 6) is -0.244. The van der Waals surface area contributed by atoms with Crippen molar-refractivity contribution in [3.8, 4) is 5.69 Å². The molecule has 5 nitrogen and oxygen atoms in total. The van der Waals surface area contributed by atoms with Gasteiger partial charge >= 0.3 is 5.69 Å². The molecule has 0 atom stereocenters. The summed E-state index contributed by atoms with van der Waals surface area (Å²) in [6, 6.07) is 11.1. The fourth-order valence-corrected chi connectivity index (χ4v) is 2.93. The highest BCUT2D eigenvalue weighted by molar-refractivity contribution is 6.31. The summed E-state index contributed by atoms with van der Waals surface area (Å²) in [6.45, 7) is 0. The smallest absolute Gasteiger partial charge is 0.354 e. The average Bonchev–Trinajstić information content (AvgIpc) is 2.94. The van der Waals surface area contributed by atoms with Crippen molar-refractivity contribution in [3.63, 3.8) is 0 Å². The largest absolute Gasteiger partial charge is 0.450 e. The molecule has 4 aromatic rings. The molecule has 0 saturated heterocycles. The molecular weight excluding hydrogens is 333 g/mol. The number of halogens is 2. The van der Waals surface area contributed by atoms with Crippen LogP contribution in [0, 0.1) is 5.82 Å². The van der Waals surface area contributed by atoms with E-state index in [1.165, 1.54) is 16.7 Å². The molecule has 2 aromatic heterocycles. The van der Waals surface area contributed by atoms with Crippen LogP contribution in [0.5, 0.6) is 0 Å². The molecule has 0 aliphatic carbocycles. The van der Waals surface area contributed by atoms with Gasteiger partial charge in [0.15, 0.2) is 11.4 Å². The van der Waals surface area contributed by atoms with E-state index in [0.717, 1.165) is 0 Å². The summed E-state index contributed by atoms with van der Waals surface area (Å²) < 4.78 is 21.3. The van der Waals surface area contributed by atoms with Gasteiger partial charge in [-0.2, -0.15) is 4.98 Å². The minimum atomic E-state index is -0.611. The lowest BCUT2D eigenvalue weighted by Crippen LogP contribution is -2.23. The molecule has 0 radical (unpaired) electrons. The zero-order valence-corrected chi connectivity index (χ0v) is 13.3. The molecular formula is C17H11ClFN3O2. The molecule has 4 rings (SSSR count). The van der Waals surface area contributed by atoms with E-state index < -0.39 is 11.5 Å². The van der Waals surface area contributed by atoms with E-state index in [0.29, 0.717) is 27.1 Å². The lowest BCUT2D eigenvalue weighted by molar-refractivity contribution is 0.616. The van der Waals surface area contributed by atoms with Gasteiger partial charge in [0.05, 0.1) is 5.69 Å². The van der Waals surface area contributed by atoms with Gasteiger partial charge in [-0.05, 0) is 30.3 Å². The fraction of sp³-hybridized carbons (Fsp3) is 0.0588. The molecule has 0 saturated carbocycles. The first-order valence-electron chi connectivity index (χ1n) is 7.17. The maximum Gasteiger partial charge on any atom is 0.354 e. The Labute approximate surface area is 140 Å². The van der Waals surface area contributed by atoms with Crippen molar-refractivity contribution in [1.29, 1.82) is 0 Å². The highest BCUT2D eigenvalue weighted by Gasteiger charge is 2.20. The minimum Gasteiger partial charge on any atom is -0.450 e. The Morgan fingerprint density at radius 2 is 2.04 bits per heavy atom. The second-order valence-corrected chi connectivity index (χ2v) is 5.64. The van der Waals surface area contributed by atoms with E-state index in [4.69, 9.17) is 16.0 Å². The third kappa shape index (κ3) is 2.07. The monoisotopic (exact) mass is 343 g/mol. The molecule has 0 amide bonds. The number of hydrogen-bond donors (Lipinski definition) is 1. The number of fused-ring (bicyclic) bond motifs is 3. The van der Waals surface area contributed by atoms with Crippen molar-refractivity contribution in [1.82, 2.24) is 9.55 Å². The Kier molecular flexibility index (Phi) is 3.28. The van der Waals surface area contributed by atoms with Crippen molar-refractivity contribution in [2.75, 3.05) is 12.4 Å². The van der Waals surface area contributed by atoms with Crippen molar-refractivity contribution in [3.05, 3.63) is 63.8 Å². The van der Waals surface area contributed by atoms with E-state index >= 15 is 0 Å². The van der Waals surface area contributed by atoms with E-state index in [9.17, 15) is 9.18 Å². The summed E-state index contributed by atoms with van der Waals surface area (Å²) in [5.41, 5.74) is 0.799. The molecule has 0 fully saturated rings. The summed E-state index contributed by atoms with van der Waals surface area (Å²) >= 11 is 6.08. The van der Waals surface area contributed by atoms with E-state index in [-0.39, 0.29) is 11.5 Å².